The molecule has 0 radical (unpaired) electrons. The summed E-state index contributed by atoms with van der Waals surface area (Å²) >= 11 is 0. The fraction of sp³-hybridized carbons (Fsp3) is 0. The average molecular weight is 298 g/mol. The summed E-state index contributed by atoms with van der Waals surface area (Å²) < 4.78 is 63.2. The van der Waals surface area contributed by atoms with Gasteiger partial charge in [-0.25, -0.2) is 4.99 Å². The molecule has 0 saturated heterocycles. The Hall–Kier alpha value is 0.736. The fourth-order valence-electron chi connectivity index (χ4n) is 0. The Morgan fingerprint density at radius 2 is 1.00 bits per heavy atom. The molecule has 0 aromatic rings. The quantitative estimate of drug-likeness (QED) is 0.108. The molecule has 0 spiro atoms. The van der Waals surface area contributed by atoms with Crippen LogP contribution < -0.4 is 0 Å². The molecule has 15 heteroatoms. The van der Waals surface area contributed by atoms with Crippen LogP contribution >= 0.6 is 0 Å². The van der Waals surface area contributed by atoms with E-state index in [9.17, 15) is 0 Å². The van der Waals surface area contributed by atoms with Crippen LogP contribution in [0.25, 0.3) is 0 Å². The van der Waals surface area contributed by atoms with E-state index in [1.54, 1.807) is 0 Å². The molecule has 0 unspecified atom stereocenters. The summed E-state index contributed by atoms with van der Waals surface area (Å²) in [4.78, 5) is 2.83. The van der Waals surface area contributed by atoms with Crippen molar-refractivity contribution in [3.8, 4) is 0 Å². The second kappa shape index (κ2) is 12.8. The average Bonchev–Trinajstić information content (AvgIpc) is 1.79. The molecule has 0 aromatic carbocycles. The van der Waals surface area contributed by atoms with Gasteiger partial charge in [-0.3, -0.25) is 18.2 Å². The van der Waals surface area contributed by atoms with Gasteiger partial charge in [0.15, 0.2) is 0 Å². The van der Waals surface area contributed by atoms with Crippen molar-refractivity contribution >= 4 is 72.2 Å². The molecule has 6 N–H and O–H groups in total. The Balaban J connectivity index is -0.0000000590. The van der Waals surface area contributed by atoms with Gasteiger partial charge in [0.1, 0.15) is 0 Å². The van der Waals surface area contributed by atoms with Gasteiger partial charge in [-0.2, -0.15) is 27.6 Å². The third-order valence-corrected chi connectivity index (χ3v) is 0.0408. The van der Waals surface area contributed by atoms with Crippen LogP contribution in [0.5, 0.6) is 0 Å². The SMILES string of the molecule is N=NOO.O=S(=O)(O)O.O=S(=O)(O)O.[KH]. The normalized spacial score (nSPS) is 9.13. The van der Waals surface area contributed by atoms with Crippen molar-refractivity contribution in [1.82, 2.24) is 0 Å². The van der Waals surface area contributed by atoms with E-state index in [0.717, 1.165) is 0 Å². The van der Waals surface area contributed by atoms with Crippen molar-refractivity contribution in [3.05, 3.63) is 0 Å². The van der Waals surface area contributed by atoms with E-state index in [-0.39, 0.29) is 51.4 Å². The van der Waals surface area contributed by atoms with Gasteiger partial charge in [0.05, 0.1) is 5.28 Å². The molecule has 12 nitrogen and oxygen atoms in total. The Kier molecular flexibility index (Phi) is 21.2. The van der Waals surface area contributed by atoms with E-state index in [4.69, 9.17) is 45.8 Å². The Morgan fingerprint density at radius 1 is 0.933 bits per heavy atom. The first-order chi connectivity index (χ1) is 5.91. The predicted molar refractivity (Wildman–Crippen MR) is 44.4 cm³/mol. The maximum atomic E-state index is 8.74. The zero-order chi connectivity index (χ0) is 12.4. The Labute approximate surface area is 127 Å². The van der Waals surface area contributed by atoms with Crippen molar-refractivity contribution in [1.29, 1.82) is 5.53 Å². The van der Waals surface area contributed by atoms with Gasteiger partial charge in [0.2, 0.25) is 0 Å². The summed E-state index contributed by atoms with van der Waals surface area (Å²) in [5.41, 5.74) is 5.60. The van der Waals surface area contributed by atoms with Crippen LogP contribution in [0.2, 0.25) is 0 Å². The van der Waals surface area contributed by atoms with Crippen LogP contribution in [0.3, 0.4) is 0 Å². The summed E-state index contributed by atoms with van der Waals surface area (Å²) in [5.74, 6) is 0. The number of nitrogens with one attached hydrogen (secondary N) is 1. The molecule has 0 amide bonds. The first kappa shape index (κ1) is 24.8. The van der Waals surface area contributed by atoms with Crippen molar-refractivity contribution in [3.63, 3.8) is 0 Å². The van der Waals surface area contributed by atoms with E-state index in [2.05, 4.69) is 4.99 Å². The predicted octanol–water partition coefficient (Wildman–Crippen LogP) is -1.53. The minimum atomic E-state index is -4.67. The van der Waals surface area contributed by atoms with Crippen molar-refractivity contribution in [2.45, 2.75) is 0 Å². The number of rotatable bonds is 1. The maximum absolute atomic E-state index is 8.74. The van der Waals surface area contributed by atoms with Crippen LogP contribution in [-0.4, -0.2) is 91.7 Å². The summed E-state index contributed by atoms with van der Waals surface area (Å²) in [6.45, 7) is 0. The molecule has 0 aromatic heterocycles. The molecule has 0 fully saturated rings. The van der Waals surface area contributed by atoms with Gasteiger partial charge in [-0.15, -0.1) is 0 Å². The molecule has 0 rings (SSSR count). The molecule has 0 atom stereocenters. The summed E-state index contributed by atoms with van der Waals surface area (Å²) in [5, 5.41) is 9.06. The van der Waals surface area contributed by atoms with Gasteiger partial charge in [0.25, 0.3) is 0 Å². The van der Waals surface area contributed by atoms with Gasteiger partial charge >= 0.3 is 72.2 Å². The topological polar surface area (TPSA) is 215 Å². The Morgan fingerprint density at radius 3 is 1.00 bits per heavy atom. The molecule has 0 bridgehead atoms. The summed E-state index contributed by atoms with van der Waals surface area (Å²) in [7, 11) is -9.33. The second-order valence-corrected chi connectivity index (χ2v) is 2.86. The number of hydrogen-bond donors (Lipinski definition) is 6. The third kappa shape index (κ3) is 793. The molecular weight excluding hydrogens is 291 g/mol. The molecule has 0 heterocycles. The zero-order valence-corrected chi connectivity index (χ0v) is 7.67. The van der Waals surface area contributed by atoms with Crippen molar-refractivity contribution in [2.75, 3.05) is 0 Å². The standard InChI is InChI=1S/K.H2N2O2.2H2O4S.H/c;1-2-4-3;2*1-5(2,3)4;/h;1,3H;2*(H2,1,2,3,4);. The molecule has 0 aliphatic carbocycles. The van der Waals surface area contributed by atoms with Crippen LogP contribution in [0.4, 0.5) is 0 Å². The molecule has 15 heavy (non-hydrogen) atoms. The molecule has 0 saturated carbocycles. The van der Waals surface area contributed by atoms with E-state index >= 15 is 0 Å². The minimum absolute atomic E-state index is 0. The zero-order valence-electron chi connectivity index (χ0n) is 6.04. The molecule has 90 valence electrons. The van der Waals surface area contributed by atoms with Crippen LogP contribution in [0.15, 0.2) is 5.28 Å². The molecule has 0 aliphatic heterocycles. The van der Waals surface area contributed by atoms with E-state index in [0.29, 0.717) is 0 Å². The van der Waals surface area contributed by atoms with Gasteiger partial charge in [-0.05, 0) is 0 Å². The van der Waals surface area contributed by atoms with E-state index in [1.165, 1.54) is 0 Å². The number of nitrogens with zero attached hydrogens (tertiary/aromatic N) is 1. The summed E-state index contributed by atoms with van der Waals surface area (Å²) in [6.07, 6.45) is 0. The second-order valence-electron chi connectivity index (χ2n) is 1.07. The van der Waals surface area contributed by atoms with Gasteiger partial charge < -0.3 is 0 Å². The number of hydrogen-bond acceptors (Lipinski definition) is 8. The third-order valence-electron chi connectivity index (χ3n) is 0.0408. The van der Waals surface area contributed by atoms with Gasteiger partial charge in [-0.1, -0.05) is 0 Å². The first-order valence-electron chi connectivity index (χ1n) is 1.99. The van der Waals surface area contributed by atoms with Crippen molar-refractivity contribution < 1.29 is 45.3 Å². The summed E-state index contributed by atoms with van der Waals surface area (Å²) in [6, 6.07) is 0. The van der Waals surface area contributed by atoms with Crippen molar-refractivity contribution in [2.24, 2.45) is 5.28 Å². The van der Waals surface area contributed by atoms with Crippen LogP contribution in [0, 0.1) is 5.53 Å². The van der Waals surface area contributed by atoms with Gasteiger partial charge in [0, 0.05) is 0 Å². The fourth-order valence-corrected chi connectivity index (χ4v) is 0. The first-order valence-corrected chi connectivity index (χ1v) is 4.78. The molecular formula is H7KN2O10S2. The van der Waals surface area contributed by atoms with E-state index < -0.39 is 20.8 Å². The monoisotopic (exact) mass is 298 g/mol. The van der Waals surface area contributed by atoms with Crippen LogP contribution in [0.1, 0.15) is 0 Å². The van der Waals surface area contributed by atoms with E-state index in [1.807, 2.05) is 5.28 Å². The molecule has 0 aliphatic rings. The van der Waals surface area contributed by atoms with Crippen LogP contribution in [-0.2, 0) is 25.8 Å². The Bertz CT molecular complexity index is 267.